The second-order valence-electron chi connectivity index (χ2n) is 6.91. The molecule has 3 rings (SSSR count). The molecule has 16 nitrogen and oxygen atoms in total. The van der Waals surface area contributed by atoms with E-state index in [1.807, 2.05) is 0 Å². The van der Waals surface area contributed by atoms with Crippen LogP contribution in [-0.4, -0.2) is 92.8 Å². The average Bonchev–Trinajstić information content (AvgIpc) is 3.21. The Morgan fingerprint density at radius 3 is 2.61 bits per heavy atom. The van der Waals surface area contributed by atoms with Crippen molar-refractivity contribution >= 4 is 38.2 Å². The number of ether oxygens (including phenoxy) is 1. The van der Waals surface area contributed by atoms with Crippen molar-refractivity contribution in [1.82, 2.24) is 24.4 Å². The number of hydrogen-bond acceptors (Lipinski definition) is 9. The number of aliphatic hydroxyl groups is 1. The molecule has 31 heavy (non-hydrogen) atoms. The maximum atomic E-state index is 12.3. The SMILES string of the molecule is Nc1nc2c(ncn2[C@@H]2CN(C(=O)CP(=O)(O)O)C[C@H]2OC[C@@H](O)P(=O)(O)O)c(=O)[nH]1. The third-order valence-corrected chi connectivity index (χ3v) is 6.19. The number of nitrogens with two attached hydrogens (primary N) is 1. The maximum Gasteiger partial charge on any atom is 0.356 e. The predicted octanol–water partition coefficient (Wildman–Crippen LogP) is -2.86. The highest BCUT2D eigenvalue weighted by atomic mass is 31.2. The first-order valence-corrected chi connectivity index (χ1v) is 12.1. The van der Waals surface area contributed by atoms with Crippen molar-refractivity contribution in [2.24, 2.45) is 0 Å². The normalized spacial score (nSPS) is 21.0. The van der Waals surface area contributed by atoms with Gasteiger partial charge in [-0.05, 0) is 0 Å². The van der Waals surface area contributed by atoms with Gasteiger partial charge in [0, 0.05) is 13.1 Å². The van der Waals surface area contributed by atoms with Crippen LogP contribution >= 0.6 is 15.2 Å². The Labute approximate surface area is 173 Å². The molecule has 0 bridgehead atoms. The Bertz CT molecular complexity index is 1140. The number of rotatable bonds is 7. The summed E-state index contributed by atoms with van der Waals surface area (Å²) >= 11 is 0. The molecule has 1 fully saturated rings. The van der Waals surface area contributed by atoms with Crippen LogP contribution in [0.2, 0.25) is 0 Å². The van der Waals surface area contributed by atoms with Gasteiger partial charge < -0.3 is 44.6 Å². The molecule has 2 aromatic heterocycles. The van der Waals surface area contributed by atoms with Gasteiger partial charge in [-0.15, -0.1) is 0 Å². The van der Waals surface area contributed by atoms with Gasteiger partial charge >= 0.3 is 15.2 Å². The molecule has 3 atom stereocenters. The number of aromatic amines is 1. The highest BCUT2D eigenvalue weighted by molar-refractivity contribution is 7.52. The largest absolute Gasteiger partial charge is 0.378 e. The highest BCUT2D eigenvalue weighted by Crippen LogP contribution is 2.40. The van der Waals surface area contributed by atoms with Gasteiger partial charge in [-0.1, -0.05) is 0 Å². The van der Waals surface area contributed by atoms with E-state index in [4.69, 9.17) is 30.0 Å². The number of aromatic nitrogens is 4. The van der Waals surface area contributed by atoms with Gasteiger partial charge in [-0.2, -0.15) is 4.98 Å². The second kappa shape index (κ2) is 8.41. The molecule has 0 unspecified atom stereocenters. The van der Waals surface area contributed by atoms with Gasteiger partial charge in [0.2, 0.25) is 11.9 Å². The summed E-state index contributed by atoms with van der Waals surface area (Å²) in [6.07, 6.45) is -0.807. The number of amides is 1. The second-order valence-corrected chi connectivity index (χ2v) is 10.3. The summed E-state index contributed by atoms with van der Waals surface area (Å²) in [6.45, 7) is -1.14. The van der Waals surface area contributed by atoms with Gasteiger partial charge in [-0.25, -0.2) is 4.98 Å². The van der Waals surface area contributed by atoms with Gasteiger partial charge in [-0.3, -0.25) is 23.7 Å². The number of hydrogen-bond donors (Lipinski definition) is 7. The zero-order valence-corrected chi connectivity index (χ0v) is 17.5. The zero-order valence-electron chi connectivity index (χ0n) is 15.7. The molecule has 1 saturated heterocycles. The number of nitrogens with zero attached hydrogens (tertiary/aromatic N) is 4. The van der Waals surface area contributed by atoms with Crippen LogP contribution in [0, 0.1) is 0 Å². The minimum Gasteiger partial charge on any atom is -0.378 e. The number of H-pyrrole nitrogens is 1. The Morgan fingerprint density at radius 1 is 1.32 bits per heavy atom. The topological polar surface area (TPSA) is 254 Å². The molecule has 2 aromatic rings. The van der Waals surface area contributed by atoms with Crippen molar-refractivity contribution in [2.75, 3.05) is 31.6 Å². The molecule has 172 valence electrons. The first kappa shape index (κ1) is 23.5. The van der Waals surface area contributed by atoms with Crippen molar-refractivity contribution in [3.05, 3.63) is 16.7 Å². The van der Waals surface area contributed by atoms with Crippen LogP contribution in [0.15, 0.2) is 11.1 Å². The van der Waals surface area contributed by atoms with E-state index in [1.54, 1.807) is 0 Å². The fraction of sp³-hybridized carbons (Fsp3) is 0.538. The van der Waals surface area contributed by atoms with Crippen molar-refractivity contribution in [3.63, 3.8) is 0 Å². The van der Waals surface area contributed by atoms with E-state index in [-0.39, 0.29) is 30.2 Å². The van der Waals surface area contributed by atoms with Crippen LogP contribution < -0.4 is 11.3 Å². The fourth-order valence-corrected chi connectivity index (χ4v) is 3.99. The minimum absolute atomic E-state index is 0.0414. The van der Waals surface area contributed by atoms with Crippen molar-refractivity contribution in [1.29, 1.82) is 0 Å². The standard InChI is InChI=1S/C13H20N6O10P2/c14-13-16-11-10(12(22)17-13)15-5-19(11)6-1-18(8(20)4-30(23,24)25)2-7(6)29-3-9(21)31(26,27)28/h5-7,9,21H,1-4H2,(H2,23,24,25)(H2,26,27,28)(H3,14,16,17,22)/t6-,7-,9+/m1/s1. The zero-order chi connectivity index (χ0) is 23.1. The quantitative estimate of drug-likeness (QED) is 0.196. The van der Waals surface area contributed by atoms with Crippen LogP contribution in [0.4, 0.5) is 5.95 Å². The summed E-state index contributed by atoms with van der Waals surface area (Å²) in [5.74, 6) is -3.21. The van der Waals surface area contributed by atoms with Gasteiger partial charge in [0.15, 0.2) is 17.0 Å². The number of nitrogens with one attached hydrogen (secondary N) is 1. The predicted molar refractivity (Wildman–Crippen MR) is 103 cm³/mol. The van der Waals surface area contributed by atoms with E-state index in [0.29, 0.717) is 0 Å². The number of carbonyl (C=O) groups excluding carboxylic acids is 1. The molecule has 1 amide bonds. The van der Waals surface area contributed by atoms with Crippen molar-refractivity contribution in [3.8, 4) is 0 Å². The number of fused-ring (bicyclic) bond motifs is 1. The lowest BCUT2D eigenvalue weighted by Gasteiger charge is -2.22. The highest BCUT2D eigenvalue weighted by Gasteiger charge is 2.40. The molecule has 0 radical (unpaired) electrons. The molecule has 3 heterocycles. The van der Waals surface area contributed by atoms with Gasteiger partial charge in [0.05, 0.1) is 25.1 Å². The summed E-state index contributed by atoms with van der Waals surface area (Å²) in [5.41, 5.74) is 4.92. The smallest absolute Gasteiger partial charge is 0.356 e. The summed E-state index contributed by atoms with van der Waals surface area (Å²) in [4.78, 5) is 71.8. The lowest BCUT2D eigenvalue weighted by atomic mass is 10.2. The number of anilines is 1. The van der Waals surface area contributed by atoms with Crippen LogP contribution in [0.3, 0.4) is 0 Å². The number of carbonyl (C=O) groups is 1. The van der Waals surface area contributed by atoms with Crippen molar-refractivity contribution in [2.45, 2.75) is 18.0 Å². The summed E-state index contributed by atoms with van der Waals surface area (Å²) in [5, 5.41) is 9.57. The van der Waals surface area contributed by atoms with Crippen LogP contribution in [0.1, 0.15) is 6.04 Å². The molecule has 1 aliphatic rings. The summed E-state index contributed by atoms with van der Waals surface area (Å²) in [6, 6.07) is -0.816. The molecule has 0 aliphatic carbocycles. The Kier molecular flexibility index (Phi) is 6.37. The van der Waals surface area contributed by atoms with E-state index in [2.05, 4.69) is 15.0 Å². The average molecular weight is 482 g/mol. The van der Waals surface area contributed by atoms with E-state index in [0.717, 1.165) is 4.90 Å². The lowest BCUT2D eigenvalue weighted by Crippen LogP contribution is -2.33. The minimum atomic E-state index is -4.85. The number of aliphatic hydroxyl groups excluding tert-OH is 1. The molecule has 0 spiro atoms. The molecule has 0 saturated carbocycles. The van der Waals surface area contributed by atoms with Crippen molar-refractivity contribution < 1.29 is 43.3 Å². The number of imidazole rings is 1. The molecular formula is C13H20N6O10P2. The summed E-state index contributed by atoms with van der Waals surface area (Å²) < 4.78 is 29.1. The monoisotopic (exact) mass is 482 g/mol. The Morgan fingerprint density at radius 2 is 2.00 bits per heavy atom. The third kappa shape index (κ3) is 5.37. The Hall–Kier alpha value is -2.16. The van der Waals surface area contributed by atoms with Gasteiger partial charge in [0.25, 0.3) is 5.56 Å². The van der Waals surface area contributed by atoms with E-state index in [1.165, 1.54) is 10.9 Å². The third-order valence-electron chi connectivity index (χ3n) is 4.59. The molecule has 0 aromatic carbocycles. The lowest BCUT2D eigenvalue weighted by molar-refractivity contribution is -0.128. The van der Waals surface area contributed by atoms with E-state index in [9.17, 15) is 23.8 Å². The molecule has 8 N–H and O–H groups in total. The summed E-state index contributed by atoms with van der Waals surface area (Å²) in [7, 11) is -9.50. The van der Waals surface area contributed by atoms with Gasteiger partial charge in [0.1, 0.15) is 6.16 Å². The van der Waals surface area contributed by atoms with Crippen LogP contribution in [-0.2, 0) is 18.7 Å². The first-order valence-electron chi connectivity index (χ1n) is 8.66. The van der Waals surface area contributed by atoms with E-state index >= 15 is 0 Å². The molecule has 18 heteroatoms. The molecule has 1 aliphatic heterocycles. The molecular weight excluding hydrogens is 462 g/mol. The maximum absolute atomic E-state index is 12.3. The van der Waals surface area contributed by atoms with E-state index < -0.39 is 57.4 Å². The number of likely N-dealkylation sites (tertiary alicyclic amines) is 1. The Balaban J connectivity index is 1.92. The van der Waals surface area contributed by atoms with Crippen LogP contribution in [0.25, 0.3) is 11.2 Å². The first-order chi connectivity index (χ1) is 14.3. The fourth-order valence-electron chi connectivity index (χ4n) is 3.16. The number of nitrogen functional groups attached to an aromatic ring is 1. The van der Waals surface area contributed by atoms with Crippen LogP contribution in [0.5, 0.6) is 0 Å².